The van der Waals surface area contributed by atoms with Crippen LogP contribution in [0.1, 0.15) is 70.4 Å². The summed E-state index contributed by atoms with van der Waals surface area (Å²) in [6, 6.07) is 5.06. The quantitative estimate of drug-likeness (QED) is 0.805. The molecule has 1 aliphatic rings. The van der Waals surface area contributed by atoms with E-state index >= 15 is 0 Å². The van der Waals surface area contributed by atoms with Crippen LogP contribution in [0.4, 0.5) is 0 Å². The first-order chi connectivity index (χ1) is 11.9. The van der Waals surface area contributed by atoms with Gasteiger partial charge in [0.1, 0.15) is 17.1 Å². The van der Waals surface area contributed by atoms with Gasteiger partial charge >= 0.3 is 0 Å². The molecule has 0 bridgehead atoms. The Labute approximate surface area is 149 Å². The summed E-state index contributed by atoms with van der Waals surface area (Å²) in [4.78, 5) is 0. The predicted octanol–water partition coefficient (Wildman–Crippen LogP) is 3.19. The van der Waals surface area contributed by atoms with Gasteiger partial charge in [-0.25, -0.2) is 4.68 Å². The molecular formula is C19H30N4O2. The molecule has 1 saturated carbocycles. The number of aromatic nitrogens is 3. The van der Waals surface area contributed by atoms with Gasteiger partial charge in [-0.05, 0) is 52.2 Å². The minimum atomic E-state index is -0.952. The van der Waals surface area contributed by atoms with Gasteiger partial charge in [0.25, 0.3) is 0 Å². The Morgan fingerprint density at radius 2 is 2.20 bits per heavy atom. The summed E-state index contributed by atoms with van der Waals surface area (Å²) in [6.45, 7) is 5.72. The van der Waals surface area contributed by atoms with Gasteiger partial charge in [-0.3, -0.25) is 0 Å². The molecule has 0 spiro atoms. The van der Waals surface area contributed by atoms with Gasteiger partial charge in [0.2, 0.25) is 0 Å². The highest BCUT2D eigenvalue weighted by atomic mass is 16.3. The van der Waals surface area contributed by atoms with Gasteiger partial charge < -0.3 is 14.8 Å². The van der Waals surface area contributed by atoms with Crippen molar-refractivity contribution in [2.45, 2.75) is 83.0 Å². The molecule has 3 atom stereocenters. The fourth-order valence-electron chi connectivity index (χ4n) is 3.60. The lowest BCUT2D eigenvalue weighted by molar-refractivity contribution is 0.0736. The molecular weight excluding hydrogens is 316 g/mol. The van der Waals surface area contributed by atoms with E-state index in [-0.39, 0.29) is 0 Å². The number of nitrogens with one attached hydrogen (secondary N) is 1. The Morgan fingerprint density at radius 1 is 1.40 bits per heavy atom. The van der Waals surface area contributed by atoms with Crippen LogP contribution < -0.4 is 5.32 Å². The molecule has 2 heterocycles. The third-order valence-electron chi connectivity index (χ3n) is 5.11. The number of hydrogen-bond donors (Lipinski definition) is 2. The molecule has 0 radical (unpaired) electrons. The van der Waals surface area contributed by atoms with E-state index in [1.54, 1.807) is 20.1 Å². The molecule has 3 rings (SSSR count). The average Bonchev–Trinajstić information content (AvgIpc) is 3.25. The Balaban J connectivity index is 1.61. The third kappa shape index (κ3) is 4.70. The van der Waals surface area contributed by atoms with E-state index < -0.39 is 5.60 Å². The number of nitrogens with zero attached hydrogens (tertiary/aromatic N) is 3. The van der Waals surface area contributed by atoms with Crippen LogP contribution in [0.15, 0.2) is 29.0 Å². The first kappa shape index (κ1) is 18.1. The molecule has 2 aromatic heterocycles. The lowest BCUT2D eigenvalue weighted by Crippen LogP contribution is -2.44. The molecule has 138 valence electrons. The average molecular weight is 346 g/mol. The van der Waals surface area contributed by atoms with Crippen LogP contribution in [0.5, 0.6) is 0 Å². The van der Waals surface area contributed by atoms with E-state index in [9.17, 15) is 5.11 Å². The zero-order valence-corrected chi connectivity index (χ0v) is 15.5. The smallest absolute Gasteiger partial charge is 0.114 e. The topological polar surface area (TPSA) is 76.1 Å². The third-order valence-corrected chi connectivity index (χ3v) is 5.11. The van der Waals surface area contributed by atoms with Crippen molar-refractivity contribution in [3.63, 3.8) is 0 Å². The number of aliphatic hydroxyl groups is 1. The predicted molar refractivity (Wildman–Crippen MR) is 96.2 cm³/mol. The van der Waals surface area contributed by atoms with Crippen molar-refractivity contribution in [1.82, 2.24) is 20.3 Å². The normalized spacial score (nSPS) is 22.9. The van der Waals surface area contributed by atoms with Crippen molar-refractivity contribution in [1.29, 1.82) is 0 Å². The van der Waals surface area contributed by atoms with Crippen LogP contribution in [0.2, 0.25) is 0 Å². The molecule has 1 fully saturated rings. The summed E-state index contributed by atoms with van der Waals surface area (Å²) >= 11 is 0. The van der Waals surface area contributed by atoms with Crippen molar-refractivity contribution in [2.24, 2.45) is 0 Å². The highest BCUT2D eigenvalue weighted by Gasteiger charge is 2.30. The maximum Gasteiger partial charge on any atom is 0.114 e. The van der Waals surface area contributed by atoms with Gasteiger partial charge in [0.15, 0.2) is 0 Å². The second-order valence-corrected chi connectivity index (χ2v) is 7.79. The molecule has 0 aromatic carbocycles. The van der Waals surface area contributed by atoms with Crippen molar-refractivity contribution < 1.29 is 9.52 Å². The van der Waals surface area contributed by atoms with E-state index in [2.05, 4.69) is 22.6 Å². The second-order valence-electron chi connectivity index (χ2n) is 7.79. The molecule has 2 N–H and O–H groups in total. The molecule has 1 unspecified atom stereocenters. The zero-order valence-electron chi connectivity index (χ0n) is 15.5. The fraction of sp³-hybridized carbons (Fsp3) is 0.684. The Bertz CT molecular complexity index is 645. The molecule has 6 nitrogen and oxygen atoms in total. The first-order valence-electron chi connectivity index (χ1n) is 9.36. The van der Waals surface area contributed by atoms with E-state index in [4.69, 9.17) is 4.42 Å². The monoisotopic (exact) mass is 346 g/mol. The van der Waals surface area contributed by atoms with Crippen LogP contribution in [-0.4, -0.2) is 32.2 Å². The second kappa shape index (κ2) is 7.70. The van der Waals surface area contributed by atoms with Gasteiger partial charge in [0, 0.05) is 18.5 Å². The Kier molecular flexibility index (Phi) is 5.59. The minimum absolute atomic E-state index is 0.295. The van der Waals surface area contributed by atoms with E-state index in [1.807, 2.05) is 23.0 Å². The van der Waals surface area contributed by atoms with Crippen LogP contribution in [0.25, 0.3) is 0 Å². The van der Waals surface area contributed by atoms with Crippen molar-refractivity contribution in [3.05, 3.63) is 36.0 Å². The maximum absolute atomic E-state index is 10.1. The van der Waals surface area contributed by atoms with E-state index in [0.29, 0.717) is 23.8 Å². The highest BCUT2D eigenvalue weighted by Crippen LogP contribution is 2.29. The van der Waals surface area contributed by atoms with Crippen LogP contribution in [0.3, 0.4) is 0 Å². The van der Waals surface area contributed by atoms with Crippen molar-refractivity contribution >= 4 is 0 Å². The molecule has 0 saturated heterocycles. The summed E-state index contributed by atoms with van der Waals surface area (Å²) in [5, 5.41) is 22.4. The standard InChI is InChI=1S/C19H30N4O2/c1-14(10-11-15-7-6-12-25-15)20-16-8-4-5-9-17(16)23-13-18(21-22-23)19(2,3)24/h6-7,12-14,16-17,20,24H,4-5,8-11H2,1-3H3/t14?,16-,17+/m0/s1. The van der Waals surface area contributed by atoms with Gasteiger partial charge in [-0.15, -0.1) is 5.10 Å². The molecule has 0 amide bonds. The Hall–Kier alpha value is -1.66. The first-order valence-corrected chi connectivity index (χ1v) is 9.36. The van der Waals surface area contributed by atoms with Crippen molar-refractivity contribution in [2.75, 3.05) is 0 Å². The van der Waals surface area contributed by atoms with Crippen molar-refractivity contribution in [3.8, 4) is 0 Å². The lowest BCUT2D eigenvalue weighted by Gasteiger charge is -2.34. The molecule has 2 aromatic rings. The summed E-state index contributed by atoms with van der Waals surface area (Å²) in [7, 11) is 0. The van der Waals surface area contributed by atoms with Gasteiger partial charge in [-0.1, -0.05) is 18.1 Å². The number of hydrogen-bond acceptors (Lipinski definition) is 5. The highest BCUT2D eigenvalue weighted by molar-refractivity contribution is 5.04. The number of rotatable bonds is 7. The van der Waals surface area contributed by atoms with Crippen LogP contribution in [-0.2, 0) is 12.0 Å². The molecule has 25 heavy (non-hydrogen) atoms. The zero-order chi connectivity index (χ0) is 17.9. The lowest BCUT2D eigenvalue weighted by atomic mass is 9.89. The van der Waals surface area contributed by atoms with Gasteiger partial charge in [-0.2, -0.15) is 0 Å². The largest absolute Gasteiger partial charge is 0.469 e. The summed E-state index contributed by atoms with van der Waals surface area (Å²) in [5.74, 6) is 1.04. The van der Waals surface area contributed by atoms with Crippen LogP contribution in [0, 0.1) is 0 Å². The van der Waals surface area contributed by atoms with E-state index in [0.717, 1.165) is 31.4 Å². The summed E-state index contributed by atoms with van der Waals surface area (Å²) in [6.07, 6.45) is 10.3. The summed E-state index contributed by atoms with van der Waals surface area (Å²) in [5.41, 5.74) is -0.325. The minimum Gasteiger partial charge on any atom is -0.469 e. The number of furan rings is 1. The summed E-state index contributed by atoms with van der Waals surface area (Å²) < 4.78 is 7.37. The molecule has 0 aliphatic heterocycles. The molecule has 6 heteroatoms. The molecule has 1 aliphatic carbocycles. The van der Waals surface area contributed by atoms with Gasteiger partial charge in [0.05, 0.1) is 18.5 Å². The number of aryl methyl sites for hydroxylation is 1. The Morgan fingerprint density at radius 3 is 2.88 bits per heavy atom. The SMILES string of the molecule is CC(CCc1ccco1)N[C@H]1CCCC[C@H]1n1cc(C(C)(C)O)nn1. The van der Waals surface area contributed by atoms with E-state index in [1.165, 1.54) is 12.8 Å². The fourth-order valence-corrected chi connectivity index (χ4v) is 3.60. The van der Waals surface area contributed by atoms with Crippen LogP contribution >= 0.6 is 0 Å². The maximum atomic E-state index is 10.1.